The van der Waals surface area contributed by atoms with E-state index in [1.54, 1.807) is 48.5 Å². The maximum absolute atomic E-state index is 14.9. The van der Waals surface area contributed by atoms with Gasteiger partial charge in [-0.1, -0.05) is 23.2 Å². The van der Waals surface area contributed by atoms with Gasteiger partial charge in [-0.2, -0.15) is 17.6 Å². The zero-order valence-electron chi connectivity index (χ0n) is 22.1. The average molecular weight is 641 g/mol. The minimum absolute atomic E-state index is 0.169. The van der Waals surface area contributed by atoms with E-state index in [1.165, 1.54) is 48.5 Å². The predicted octanol–water partition coefficient (Wildman–Crippen LogP) is 9.64. The molecule has 44 heavy (non-hydrogen) atoms. The lowest BCUT2D eigenvalue weighted by atomic mass is 10.2. The summed E-state index contributed by atoms with van der Waals surface area (Å²) in [5.74, 6) is -11.5. The van der Waals surface area contributed by atoms with Crippen molar-refractivity contribution in [3.63, 3.8) is 0 Å². The first-order chi connectivity index (χ1) is 21.1. The highest BCUT2D eigenvalue weighted by molar-refractivity contribution is 6.31. The smallest absolute Gasteiger partial charge is 0.255 e. The highest BCUT2D eigenvalue weighted by Crippen LogP contribution is 2.39. The minimum Gasteiger partial charge on any atom is -0.451 e. The summed E-state index contributed by atoms with van der Waals surface area (Å²) in [5.41, 5.74) is 1.30. The number of nitrogens with one attached hydrogen (secondary N) is 2. The molecule has 2 amide bonds. The van der Waals surface area contributed by atoms with E-state index >= 15 is 0 Å². The van der Waals surface area contributed by atoms with Gasteiger partial charge in [0.1, 0.15) is 11.5 Å². The Bertz CT molecular complexity index is 1670. The van der Waals surface area contributed by atoms with E-state index in [4.69, 9.17) is 32.7 Å². The molecule has 0 fully saturated rings. The predicted molar refractivity (Wildman–Crippen MR) is 158 cm³/mol. The molecule has 2 N–H and O–H groups in total. The number of carbonyl (C=O) groups excluding carboxylic acids is 2. The van der Waals surface area contributed by atoms with Crippen LogP contribution in [0, 0.1) is 23.3 Å². The normalized spacial score (nSPS) is 10.7. The molecular formula is C32H18Cl2F4N2O4. The number of hydrogen-bond donors (Lipinski definition) is 2. The Morgan fingerprint density at radius 3 is 1.07 bits per heavy atom. The fourth-order valence-electron chi connectivity index (χ4n) is 3.83. The summed E-state index contributed by atoms with van der Waals surface area (Å²) in [5, 5.41) is 6.25. The second-order valence-electron chi connectivity index (χ2n) is 9.09. The fraction of sp³-hybridized carbons (Fsp3) is 0. The third-order valence-electron chi connectivity index (χ3n) is 6.06. The monoisotopic (exact) mass is 640 g/mol. The molecule has 222 valence electrons. The van der Waals surface area contributed by atoms with Gasteiger partial charge >= 0.3 is 0 Å². The topological polar surface area (TPSA) is 76.7 Å². The second kappa shape index (κ2) is 13.1. The average Bonchev–Trinajstić information content (AvgIpc) is 3.03. The summed E-state index contributed by atoms with van der Waals surface area (Å²) in [7, 11) is 0. The van der Waals surface area contributed by atoms with Gasteiger partial charge in [0.05, 0.1) is 0 Å². The molecule has 5 aromatic carbocycles. The molecule has 0 heterocycles. The van der Waals surface area contributed by atoms with Crippen LogP contribution >= 0.6 is 23.2 Å². The van der Waals surface area contributed by atoms with Gasteiger partial charge in [0.2, 0.25) is 34.8 Å². The zero-order chi connectivity index (χ0) is 31.4. The molecule has 6 nitrogen and oxygen atoms in total. The molecule has 12 heteroatoms. The standard InChI is InChI=1S/C32H18Cl2F4N2O4/c33-19-5-9-21(10-6-19)39-31(41)17-1-13-23(14-2-17)43-29-25(35)27(37)30(28(38)26(29)36)44-24-15-3-18(4-16-24)32(42)40-22-11-7-20(34)8-12-22/h1-16H,(H,39,41)(H,40,42). The Balaban J connectivity index is 1.27. The number of amides is 2. The van der Waals surface area contributed by atoms with Gasteiger partial charge in [-0.3, -0.25) is 9.59 Å². The first kappa shape index (κ1) is 30.4. The zero-order valence-corrected chi connectivity index (χ0v) is 23.7. The molecule has 0 aliphatic heterocycles. The third-order valence-corrected chi connectivity index (χ3v) is 6.56. The quantitative estimate of drug-likeness (QED) is 0.131. The first-order valence-electron chi connectivity index (χ1n) is 12.6. The lowest BCUT2D eigenvalue weighted by Gasteiger charge is -2.14. The number of halogens is 6. The number of hydrogen-bond acceptors (Lipinski definition) is 4. The highest BCUT2D eigenvalue weighted by atomic mass is 35.5. The lowest BCUT2D eigenvalue weighted by Crippen LogP contribution is -2.11. The Hall–Kier alpha value is -5.06. The van der Waals surface area contributed by atoms with Gasteiger partial charge < -0.3 is 20.1 Å². The van der Waals surface area contributed by atoms with E-state index in [1.807, 2.05) is 0 Å². The van der Waals surface area contributed by atoms with Gasteiger partial charge in [0.15, 0.2) is 0 Å². The first-order valence-corrected chi connectivity index (χ1v) is 13.4. The van der Waals surface area contributed by atoms with Crippen molar-refractivity contribution >= 4 is 46.4 Å². The van der Waals surface area contributed by atoms with Crippen molar-refractivity contribution < 1.29 is 36.6 Å². The molecular weight excluding hydrogens is 623 g/mol. The summed E-state index contributed by atoms with van der Waals surface area (Å²) in [6.45, 7) is 0. The minimum atomic E-state index is -1.84. The van der Waals surface area contributed by atoms with Crippen LogP contribution in [0.1, 0.15) is 20.7 Å². The van der Waals surface area contributed by atoms with Crippen LogP contribution in [-0.2, 0) is 0 Å². The molecule has 0 radical (unpaired) electrons. The summed E-state index contributed by atoms with van der Waals surface area (Å²) >= 11 is 11.7. The summed E-state index contributed by atoms with van der Waals surface area (Å²) in [4.78, 5) is 24.9. The van der Waals surface area contributed by atoms with E-state index in [0.717, 1.165) is 0 Å². The third kappa shape index (κ3) is 6.94. The molecule has 0 aromatic heterocycles. The van der Waals surface area contributed by atoms with Gasteiger partial charge in [-0.15, -0.1) is 0 Å². The molecule has 0 saturated heterocycles. The molecule has 0 aliphatic rings. The number of carbonyl (C=O) groups is 2. The molecule has 0 atom stereocenters. The van der Waals surface area contributed by atoms with Crippen LogP contribution in [0.5, 0.6) is 23.0 Å². The maximum Gasteiger partial charge on any atom is 0.255 e. The largest absolute Gasteiger partial charge is 0.451 e. The molecule has 5 aromatic rings. The van der Waals surface area contributed by atoms with Gasteiger partial charge in [-0.25, -0.2) is 0 Å². The number of rotatable bonds is 8. The molecule has 0 aliphatic carbocycles. The second-order valence-corrected chi connectivity index (χ2v) is 9.96. The Kier molecular flexibility index (Phi) is 9.03. The van der Waals surface area contributed by atoms with Crippen molar-refractivity contribution in [1.29, 1.82) is 0 Å². The van der Waals surface area contributed by atoms with Crippen LogP contribution in [0.2, 0.25) is 10.0 Å². The Morgan fingerprint density at radius 1 is 0.477 bits per heavy atom. The molecule has 0 bridgehead atoms. The van der Waals surface area contributed by atoms with Crippen molar-refractivity contribution in [1.82, 2.24) is 0 Å². The Labute approximate surface area is 257 Å². The van der Waals surface area contributed by atoms with Crippen LogP contribution in [-0.4, -0.2) is 11.8 Å². The summed E-state index contributed by atoms with van der Waals surface area (Å²) in [6.07, 6.45) is 0. The number of anilines is 2. The van der Waals surface area contributed by atoms with Gasteiger partial charge in [0.25, 0.3) is 11.8 Å². The van der Waals surface area contributed by atoms with E-state index in [9.17, 15) is 27.2 Å². The van der Waals surface area contributed by atoms with Crippen molar-refractivity contribution in [2.24, 2.45) is 0 Å². The van der Waals surface area contributed by atoms with Crippen molar-refractivity contribution in [2.75, 3.05) is 10.6 Å². The number of ether oxygens (including phenoxy) is 2. The van der Waals surface area contributed by atoms with E-state index in [2.05, 4.69) is 10.6 Å². The van der Waals surface area contributed by atoms with Crippen LogP contribution in [0.4, 0.5) is 28.9 Å². The van der Waals surface area contributed by atoms with Crippen LogP contribution in [0.15, 0.2) is 97.1 Å². The summed E-state index contributed by atoms with van der Waals surface area (Å²) < 4.78 is 69.6. The van der Waals surface area contributed by atoms with E-state index in [0.29, 0.717) is 21.4 Å². The summed E-state index contributed by atoms with van der Waals surface area (Å²) in [6, 6.07) is 22.7. The highest BCUT2D eigenvalue weighted by Gasteiger charge is 2.29. The van der Waals surface area contributed by atoms with Crippen molar-refractivity contribution in [3.05, 3.63) is 142 Å². The van der Waals surface area contributed by atoms with Crippen LogP contribution in [0.3, 0.4) is 0 Å². The maximum atomic E-state index is 14.9. The van der Waals surface area contributed by atoms with E-state index in [-0.39, 0.29) is 22.6 Å². The molecule has 0 spiro atoms. The van der Waals surface area contributed by atoms with Crippen molar-refractivity contribution in [3.8, 4) is 23.0 Å². The van der Waals surface area contributed by atoms with Crippen LogP contribution in [0.25, 0.3) is 0 Å². The van der Waals surface area contributed by atoms with Crippen molar-refractivity contribution in [2.45, 2.75) is 0 Å². The van der Waals surface area contributed by atoms with E-state index < -0.39 is 46.6 Å². The fourth-order valence-corrected chi connectivity index (χ4v) is 4.08. The SMILES string of the molecule is O=C(Nc1ccc(Cl)cc1)c1ccc(Oc2c(F)c(F)c(Oc3ccc(C(=O)Nc4ccc(Cl)cc4)cc3)c(F)c2F)cc1. The molecule has 5 rings (SSSR count). The lowest BCUT2D eigenvalue weighted by molar-refractivity contribution is 0.101. The van der Waals surface area contributed by atoms with Gasteiger partial charge in [0, 0.05) is 32.5 Å². The molecule has 0 saturated carbocycles. The molecule has 0 unspecified atom stereocenters. The number of benzene rings is 5. The van der Waals surface area contributed by atoms with Gasteiger partial charge in [-0.05, 0) is 97.1 Å². The van der Waals surface area contributed by atoms with Crippen LogP contribution < -0.4 is 20.1 Å². The Morgan fingerprint density at radius 2 is 0.773 bits per heavy atom.